The lowest BCUT2D eigenvalue weighted by Gasteiger charge is -2.21. The van der Waals surface area contributed by atoms with Gasteiger partial charge in [0.2, 0.25) is 0 Å². The maximum Gasteiger partial charge on any atom is 0.255 e. The fourth-order valence-electron chi connectivity index (χ4n) is 3.39. The third-order valence-corrected chi connectivity index (χ3v) is 4.66. The van der Waals surface area contributed by atoms with Crippen molar-refractivity contribution in [3.05, 3.63) is 58.9 Å². The molecule has 0 saturated heterocycles. The number of carbonyl (C=O) groups excluding carboxylic acids is 1. The average molecular weight is 308 g/mol. The van der Waals surface area contributed by atoms with Crippen LogP contribution >= 0.6 is 0 Å². The predicted molar refractivity (Wildman–Crippen MR) is 87.6 cm³/mol. The van der Waals surface area contributed by atoms with E-state index in [1.165, 1.54) is 18.4 Å². The van der Waals surface area contributed by atoms with Crippen LogP contribution in [0.4, 0.5) is 0 Å². The third kappa shape index (κ3) is 2.81. The molecule has 2 heterocycles. The van der Waals surface area contributed by atoms with Gasteiger partial charge in [0, 0.05) is 24.0 Å². The van der Waals surface area contributed by atoms with Crippen LogP contribution in [0, 0.1) is 0 Å². The van der Waals surface area contributed by atoms with Crippen molar-refractivity contribution in [1.29, 1.82) is 0 Å². The molecule has 1 amide bonds. The Morgan fingerprint density at radius 3 is 2.96 bits per heavy atom. The second-order valence-electron chi connectivity index (χ2n) is 6.22. The van der Waals surface area contributed by atoms with Crippen LogP contribution in [0.5, 0.6) is 5.75 Å². The number of amides is 1. The molecule has 2 aliphatic rings. The molecule has 0 unspecified atom stereocenters. The molecule has 0 spiro atoms. The summed E-state index contributed by atoms with van der Waals surface area (Å²) in [6.45, 7) is 1.72. The minimum absolute atomic E-state index is 0.0474. The molecule has 1 aromatic heterocycles. The Bertz CT molecular complexity index is 742. The van der Waals surface area contributed by atoms with E-state index in [0.29, 0.717) is 25.3 Å². The second kappa shape index (κ2) is 6.03. The molecule has 2 aromatic rings. The van der Waals surface area contributed by atoms with Crippen LogP contribution in [0.25, 0.3) is 0 Å². The number of nitrogens with zero attached hydrogens (tertiary/aromatic N) is 2. The molecule has 1 aliphatic heterocycles. The van der Waals surface area contributed by atoms with Crippen LogP contribution in [-0.2, 0) is 19.4 Å². The number of hydrogen-bond acceptors (Lipinski definition) is 3. The zero-order valence-electron chi connectivity index (χ0n) is 13.1. The molecule has 1 aliphatic carbocycles. The van der Waals surface area contributed by atoms with Crippen molar-refractivity contribution in [2.45, 2.75) is 32.2 Å². The minimum Gasteiger partial charge on any atom is -0.491 e. The SMILES string of the molecule is O=C(c1cnc2c(c1)CCCC2)N1CCOc2ccccc2C1. The molecule has 0 atom stereocenters. The highest BCUT2D eigenvalue weighted by atomic mass is 16.5. The van der Waals surface area contributed by atoms with Gasteiger partial charge in [-0.15, -0.1) is 0 Å². The van der Waals surface area contributed by atoms with Crippen molar-refractivity contribution in [3.8, 4) is 5.75 Å². The lowest BCUT2D eigenvalue weighted by atomic mass is 9.95. The lowest BCUT2D eigenvalue weighted by Crippen LogP contribution is -2.32. The van der Waals surface area contributed by atoms with Gasteiger partial charge in [0.25, 0.3) is 5.91 Å². The standard InChI is InChI=1S/C19H20N2O2/c22-19(16-11-14-5-1-3-7-17(14)20-12-16)21-9-10-23-18-8-4-2-6-15(18)13-21/h2,4,6,8,11-12H,1,3,5,7,9-10,13H2. The molecule has 0 N–H and O–H groups in total. The topological polar surface area (TPSA) is 42.4 Å². The van der Waals surface area contributed by atoms with Gasteiger partial charge in [-0.3, -0.25) is 9.78 Å². The number of benzene rings is 1. The molecule has 4 nitrogen and oxygen atoms in total. The van der Waals surface area contributed by atoms with Crippen LogP contribution in [0.2, 0.25) is 0 Å². The summed E-state index contributed by atoms with van der Waals surface area (Å²) in [6, 6.07) is 9.97. The quantitative estimate of drug-likeness (QED) is 0.813. The fraction of sp³-hybridized carbons (Fsp3) is 0.368. The van der Waals surface area contributed by atoms with Crippen LogP contribution in [0.15, 0.2) is 36.5 Å². The normalized spacial score (nSPS) is 16.8. The smallest absolute Gasteiger partial charge is 0.255 e. The number of ether oxygens (including phenoxy) is 1. The van der Waals surface area contributed by atoms with Crippen molar-refractivity contribution >= 4 is 5.91 Å². The van der Waals surface area contributed by atoms with E-state index in [1.54, 1.807) is 6.20 Å². The maximum atomic E-state index is 12.9. The molecule has 0 saturated carbocycles. The van der Waals surface area contributed by atoms with Gasteiger partial charge in [0.05, 0.1) is 12.1 Å². The Balaban J connectivity index is 1.59. The average Bonchev–Trinajstić information content (AvgIpc) is 2.83. The van der Waals surface area contributed by atoms with E-state index in [1.807, 2.05) is 35.2 Å². The number of carbonyl (C=O) groups is 1. The highest BCUT2D eigenvalue weighted by molar-refractivity contribution is 5.94. The fourth-order valence-corrected chi connectivity index (χ4v) is 3.39. The summed E-state index contributed by atoms with van der Waals surface area (Å²) < 4.78 is 5.75. The first-order valence-corrected chi connectivity index (χ1v) is 8.29. The van der Waals surface area contributed by atoms with E-state index in [4.69, 9.17) is 4.74 Å². The number of fused-ring (bicyclic) bond motifs is 2. The van der Waals surface area contributed by atoms with Crippen LogP contribution in [0.3, 0.4) is 0 Å². The summed E-state index contributed by atoms with van der Waals surface area (Å²) in [5.74, 6) is 0.928. The van der Waals surface area contributed by atoms with E-state index in [2.05, 4.69) is 4.98 Å². The van der Waals surface area contributed by atoms with Crippen molar-refractivity contribution in [3.63, 3.8) is 0 Å². The predicted octanol–water partition coefficient (Wildman–Crippen LogP) is 3.00. The largest absolute Gasteiger partial charge is 0.491 e. The summed E-state index contributed by atoms with van der Waals surface area (Å²) >= 11 is 0. The van der Waals surface area contributed by atoms with Crippen molar-refractivity contribution in [1.82, 2.24) is 9.88 Å². The Labute approximate surface area is 136 Å². The molecular weight excluding hydrogens is 288 g/mol. The zero-order chi connectivity index (χ0) is 15.6. The molecule has 0 bridgehead atoms. The summed E-state index contributed by atoms with van der Waals surface area (Å²) in [6.07, 6.45) is 6.21. The zero-order valence-corrected chi connectivity index (χ0v) is 13.1. The Morgan fingerprint density at radius 1 is 1.13 bits per heavy atom. The van der Waals surface area contributed by atoms with Gasteiger partial charge in [-0.05, 0) is 43.4 Å². The van der Waals surface area contributed by atoms with Gasteiger partial charge < -0.3 is 9.64 Å². The summed E-state index contributed by atoms with van der Waals surface area (Å²) in [5, 5.41) is 0. The van der Waals surface area contributed by atoms with Gasteiger partial charge in [0.15, 0.2) is 0 Å². The number of pyridine rings is 1. The van der Waals surface area contributed by atoms with Crippen LogP contribution in [0.1, 0.15) is 40.0 Å². The number of aryl methyl sites for hydroxylation is 2. The molecular formula is C19H20N2O2. The van der Waals surface area contributed by atoms with Crippen LogP contribution < -0.4 is 4.74 Å². The van der Waals surface area contributed by atoms with E-state index >= 15 is 0 Å². The monoisotopic (exact) mass is 308 g/mol. The summed E-state index contributed by atoms with van der Waals surface area (Å²) in [4.78, 5) is 19.3. The van der Waals surface area contributed by atoms with E-state index in [0.717, 1.165) is 29.8 Å². The summed E-state index contributed by atoms with van der Waals surface area (Å²) in [7, 11) is 0. The Morgan fingerprint density at radius 2 is 2.00 bits per heavy atom. The molecule has 0 fully saturated rings. The molecule has 23 heavy (non-hydrogen) atoms. The Hall–Kier alpha value is -2.36. The Kier molecular flexibility index (Phi) is 3.74. The van der Waals surface area contributed by atoms with E-state index in [9.17, 15) is 4.79 Å². The van der Waals surface area contributed by atoms with Gasteiger partial charge >= 0.3 is 0 Å². The first-order valence-electron chi connectivity index (χ1n) is 8.29. The number of aromatic nitrogens is 1. The van der Waals surface area contributed by atoms with Crippen molar-refractivity contribution in [2.75, 3.05) is 13.2 Å². The van der Waals surface area contributed by atoms with Crippen LogP contribution in [-0.4, -0.2) is 28.9 Å². The third-order valence-electron chi connectivity index (χ3n) is 4.66. The van der Waals surface area contributed by atoms with Crippen molar-refractivity contribution < 1.29 is 9.53 Å². The molecule has 4 rings (SSSR count). The highest BCUT2D eigenvalue weighted by Crippen LogP contribution is 2.24. The second-order valence-corrected chi connectivity index (χ2v) is 6.22. The molecule has 4 heteroatoms. The number of para-hydroxylation sites is 1. The van der Waals surface area contributed by atoms with Gasteiger partial charge in [-0.25, -0.2) is 0 Å². The number of hydrogen-bond donors (Lipinski definition) is 0. The number of rotatable bonds is 1. The van der Waals surface area contributed by atoms with Gasteiger partial charge in [-0.1, -0.05) is 18.2 Å². The highest BCUT2D eigenvalue weighted by Gasteiger charge is 2.22. The summed E-state index contributed by atoms with van der Waals surface area (Å²) in [5.41, 5.74) is 4.17. The lowest BCUT2D eigenvalue weighted by molar-refractivity contribution is 0.0732. The molecule has 0 radical (unpaired) electrons. The van der Waals surface area contributed by atoms with Gasteiger partial charge in [0.1, 0.15) is 12.4 Å². The van der Waals surface area contributed by atoms with E-state index < -0.39 is 0 Å². The van der Waals surface area contributed by atoms with E-state index in [-0.39, 0.29) is 5.91 Å². The first-order chi connectivity index (χ1) is 11.3. The molecule has 1 aromatic carbocycles. The van der Waals surface area contributed by atoms with Gasteiger partial charge in [-0.2, -0.15) is 0 Å². The van der Waals surface area contributed by atoms with Crippen molar-refractivity contribution in [2.24, 2.45) is 0 Å². The maximum absolute atomic E-state index is 12.9. The minimum atomic E-state index is 0.0474. The first kappa shape index (κ1) is 14.2. The molecule has 118 valence electrons.